The number of carbonyl (C=O) groups is 3. The number of carbonyl (C=O) groups excluding carboxylic acids is 2. The molecule has 0 rings (SSSR count). The van der Waals surface area contributed by atoms with E-state index >= 15 is 0 Å². The largest absolute Gasteiger partial charge is 0.477 e. The summed E-state index contributed by atoms with van der Waals surface area (Å²) in [6, 6.07) is 0. The van der Waals surface area contributed by atoms with Gasteiger partial charge in [0.2, 0.25) is 0 Å². The summed E-state index contributed by atoms with van der Waals surface area (Å²) in [4.78, 5) is 37.5. The lowest BCUT2D eigenvalue weighted by Gasteiger charge is -2.25. The number of unbranched alkanes of at least 4 members (excludes halogenated alkanes) is 39. The zero-order valence-electron chi connectivity index (χ0n) is 50.2. The molecule has 9 nitrogen and oxygen atoms in total. The van der Waals surface area contributed by atoms with Crippen LogP contribution in [0.4, 0.5) is 0 Å². The van der Waals surface area contributed by atoms with E-state index in [2.05, 4.69) is 50.3 Å². The van der Waals surface area contributed by atoms with E-state index in [1.54, 1.807) is 0 Å². The van der Waals surface area contributed by atoms with Crippen LogP contribution in [0, 0.1) is 0 Å². The maximum Gasteiger partial charge on any atom is 0.361 e. The lowest BCUT2D eigenvalue weighted by molar-refractivity contribution is -0.870. The minimum absolute atomic E-state index is 0.184. The van der Waals surface area contributed by atoms with E-state index in [0.29, 0.717) is 23.9 Å². The Morgan fingerprint density at radius 2 is 0.720 bits per heavy atom. The van der Waals surface area contributed by atoms with Crippen molar-refractivity contribution in [2.45, 2.75) is 322 Å². The SMILES string of the molecule is CCCCCCC/C=C\C/C=C\C/C=C\CCCCCCCCC(=O)OC(COC(=O)CCCCCCCCCCCCCCCCCCCCCCCCCCCCCCC)COC(OCC[N+](C)(C)C)C(=O)O. The second kappa shape index (κ2) is 57.7. The molecule has 0 aromatic heterocycles. The van der Waals surface area contributed by atoms with E-state index in [4.69, 9.17) is 18.9 Å². The average Bonchev–Trinajstić information content (AvgIpc) is 3.38. The van der Waals surface area contributed by atoms with Gasteiger partial charge in [0.1, 0.15) is 13.2 Å². The number of allylic oxidation sites excluding steroid dienone is 6. The summed E-state index contributed by atoms with van der Waals surface area (Å²) < 4.78 is 22.9. The van der Waals surface area contributed by atoms with Gasteiger partial charge in [-0.05, 0) is 51.4 Å². The third-order valence-corrected chi connectivity index (χ3v) is 14.4. The fourth-order valence-electron chi connectivity index (χ4n) is 9.44. The molecule has 2 unspecified atom stereocenters. The Hall–Kier alpha value is -2.49. The highest BCUT2D eigenvalue weighted by molar-refractivity contribution is 5.71. The van der Waals surface area contributed by atoms with Gasteiger partial charge >= 0.3 is 17.9 Å². The van der Waals surface area contributed by atoms with Crippen LogP contribution in [-0.2, 0) is 33.3 Å². The van der Waals surface area contributed by atoms with Crippen LogP contribution < -0.4 is 0 Å². The Bertz CT molecular complexity index is 1320. The van der Waals surface area contributed by atoms with Gasteiger partial charge in [-0.1, -0.05) is 281 Å². The predicted molar refractivity (Wildman–Crippen MR) is 318 cm³/mol. The van der Waals surface area contributed by atoms with Gasteiger partial charge in [-0.15, -0.1) is 0 Å². The molecule has 9 heteroatoms. The molecule has 75 heavy (non-hydrogen) atoms. The number of carboxylic acids is 1. The van der Waals surface area contributed by atoms with Crippen LogP contribution in [0.5, 0.6) is 0 Å². The van der Waals surface area contributed by atoms with Crippen molar-refractivity contribution >= 4 is 17.9 Å². The Balaban J connectivity index is 4.13. The lowest BCUT2D eigenvalue weighted by atomic mass is 10.0. The first-order chi connectivity index (χ1) is 36.6. The summed E-state index contributed by atoms with van der Waals surface area (Å²) in [7, 11) is 5.97. The number of carboxylic acid groups (broad SMARTS) is 1. The number of hydrogen-bond acceptors (Lipinski definition) is 7. The fraction of sp³-hybridized carbons (Fsp3) is 0.864. The second-order valence-corrected chi connectivity index (χ2v) is 23.1. The summed E-state index contributed by atoms with van der Waals surface area (Å²) in [5.41, 5.74) is 0. The molecule has 0 aromatic rings. The highest BCUT2D eigenvalue weighted by atomic mass is 16.7. The third kappa shape index (κ3) is 59.0. The van der Waals surface area contributed by atoms with Gasteiger partial charge in [0.05, 0.1) is 34.4 Å². The molecule has 0 aliphatic heterocycles. The highest BCUT2D eigenvalue weighted by Gasteiger charge is 2.25. The average molecular weight is 1060 g/mol. The molecule has 0 aliphatic rings. The zero-order chi connectivity index (χ0) is 54.8. The number of nitrogens with zero attached hydrogens (tertiary/aromatic N) is 1. The van der Waals surface area contributed by atoms with E-state index in [9.17, 15) is 19.5 Å². The summed E-state index contributed by atoms with van der Waals surface area (Å²) in [6.45, 7) is 4.90. The minimum atomic E-state index is -1.51. The van der Waals surface area contributed by atoms with Gasteiger partial charge in [0.15, 0.2) is 6.10 Å². The van der Waals surface area contributed by atoms with Gasteiger partial charge in [-0.3, -0.25) is 9.59 Å². The maximum atomic E-state index is 12.9. The van der Waals surface area contributed by atoms with Crippen molar-refractivity contribution in [2.75, 3.05) is 47.5 Å². The number of rotatable bonds is 60. The molecule has 0 bridgehead atoms. The summed E-state index contributed by atoms with van der Waals surface area (Å²) in [5, 5.41) is 9.72. The Kier molecular flexibility index (Phi) is 55.8. The minimum Gasteiger partial charge on any atom is -0.477 e. The van der Waals surface area contributed by atoms with Crippen LogP contribution >= 0.6 is 0 Å². The standard InChI is InChI=1S/C66H123NO8/c1-6-8-10-12-14-16-18-20-22-24-26-28-29-30-31-32-33-34-35-37-38-40-42-44-46-48-50-52-54-56-63(68)73-60-62(61-74-66(65(70)71)72-59-58-67(3,4)5)75-64(69)57-55-53-51-49-47-45-43-41-39-36-27-25-23-21-19-17-15-13-11-9-7-2/h19,21,25,27,39,41,62,66H,6-18,20,22-24,26,28-38,40,42-61H2,1-5H3/p+1/b21-19-,27-25-,41-39-. The van der Waals surface area contributed by atoms with Gasteiger partial charge in [-0.25, -0.2) is 4.79 Å². The predicted octanol–water partition coefficient (Wildman–Crippen LogP) is 19.2. The molecule has 0 saturated heterocycles. The van der Waals surface area contributed by atoms with Crippen LogP contribution in [0.1, 0.15) is 309 Å². The quantitative estimate of drug-likeness (QED) is 0.0211. The molecule has 0 heterocycles. The molecule has 0 aliphatic carbocycles. The van der Waals surface area contributed by atoms with Gasteiger partial charge in [0, 0.05) is 12.8 Å². The molecular weight excluding hydrogens is 935 g/mol. The van der Waals surface area contributed by atoms with Gasteiger partial charge in [-0.2, -0.15) is 0 Å². The first kappa shape index (κ1) is 72.5. The van der Waals surface area contributed by atoms with Crippen molar-refractivity contribution in [2.24, 2.45) is 0 Å². The smallest absolute Gasteiger partial charge is 0.361 e. The molecule has 1 N–H and O–H groups in total. The molecule has 0 fully saturated rings. The number of aliphatic carboxylic acids is 1. The molecule has 0 aromatic carbocycles. The first-order valence-electron chi connectivity index (χ1n) is 32.2. The number of hydrogen-bond donors (Lipinski definition) is 1. The van der Waals surface area contributed by atoms with Crippen LogP contribution in [-0.4, -0.2) is 87.4 Å². The van der Waals surface area contributed by atoms with Crippen molar-refractivity contribution in [3.8, 4) is 0 Å². The summed E-state index contributed by atoms with van der Waals surface area (Å²) in [5.74, 6) is -2.00. The van der Waals surface area contributed by atoms with E-state index < -0.39 is 24.3 Å². The van der Waals surface area contributed by atoms with Crippen molar-refractivity contribution in [1.82, 2.24) is 0 Å². The van der Waals surface area contributed by atoms with Gasteiger partial charge < -0.3 is 28.5 Å². The van der Waals surface area contributed by atoms with E-state index in [1.165, 1.54) is 218 Å². The topological polar surface area (TPSA) is 108 Å². The fourth-order valence-corrected chi connectivity index (χ4v) is 9.44. The molecule has 440 valence electrons. The molecule has 0 radical (unpaired) electrons. The number of likely N-dealkylation sites (N-methyl/N-ethyl adjacent to an activating group) is 1. The second-order valence-electron chi connectivity index (χ2n) is 23.1. The number of quaternary nitrogens is 1. The molecule has 0 amide bonds. The Morgan fingerprint density at radius 3 is 1.07 bits per heavy atom. The molecule has 0 saturated carbocycles. The lowest BCUT2D eigenvalue weighted by Crippen LogP contribution is -2.40. The van der Waals surface area contributed by atoms with Crippen LogP contribution in [0.15, 0.2) is 36.5 Å². The van der Waals surface area contributed by atoms with E-state index in [0.717, 1.165) is 57.8 Å². The maximum absolute atomic E-state index is 12.9. The zero-order valence-corrected chi connectivity index (χ0v) is 50.2. The molecular formula is C66H124NO8+. The van der Waals surface area contributed by atoms with Gasteiger partial charge in [0.25, 0.3) is 6.29 Å². The highest BCUT2D eigenvalue weighted by Crippen LogP contribution is 2.18. The normalized spacial score (nSPS) is 12.9. The van der Waals surface area contributed by atoms with E-state index in [1.807, 2.05) is 21.1 Å². The summed E-state index contributed by atoms with van der Waals surface area (Å²) in [6.07, 6.45) is 68.2. The number of esters is 2. The monoisotopic (exact) mass is 1060 g/mol. The van der Waals surface area contributed by atoms with Crippen LogP contribution in [0.25, 0.3) is 0 Å². The molecule has 2 atom stereocenters. The van der Waals surface area contributed by atoms with Crippen molar-refractivity contribution in [1.29, 1.82) is 0 Å². The third-order valence-electron chi connectivity index (χ3n) is 14.4. The number of ether oxygens (including phenoxy) is 4. The Morgan fingerprint density at radius 1 is 0.400 bits per heavy atom. The van der Waals surface area contributed by atoms with Crippen LogP contribution in [0.2, 0.25) is 0 Å². The first-order valence-corrected chi connectivity index (χ1v) is 32.2. The van der Waals surface area contributed by atoms with Crippen molar-refractivity contribution in [3.05, 3.63) is 36.5 Å². The summed E-state index contributed by atoms with van der Waals surface area (Å²) >= 11 is 0. The molecule has 0 spiro atoms. The van der Waals surface area contributed by atoms with Crippen LogP contribution in [0.3, 0.4) is 0 Å². The van der Waals surface area contributed by atoms with Crippen molar-refractivity contribution < 1.29 is 42.9 Å². The van der Waals surface area contributed by atoms with Crippen molar-refractivity contribution in [3.63, 3.8) is 0 Å². The van der Waals surface area contributed by atoms with E-state index in [-0.39, 0.29) is 32.2 Å². The Labute approximate surface area is 464 Å².